The smallest absolute Gasteiger partial charge is 0.303 e. The zero-order chi connectivity index (χ0) is 13.5. The average Bonchev–Trinajstić information content (AvgIpc) is 2.34. The third kappa shape index (κ3) is 14.9. The Balaban J connectivity index is 3.20. The molecule has 0 aromatic rings. The lowest BCUT2D eigenvalue weighted by Crippen LogP contribution is -1.93. The molecule has 0 aliphatic heterocycles. The van der Waals surface area contributed by atoms with Crippen molar-refractivity contribution >= 4 is 5.97 Å². The molecule has 0 aromatic carbocycles. The molecule has 2 nitrogen and oxygen atoms in total. The lowest BCUT2D eigenvalue weighted by molar-refractivity contribution is -0.137. The lowest BCUT2D eigenvalue weighted by Gasteiger charge is -1.96. The maximum atomic E-state index is 10.3. The van der Waals surface area contributed by atoms with E-state index in [4.69, 9.17) is 5.11 Å². The largest absolute Gasteiger partial charge is 0.481 e. The van der Waals surface area contributed by atoms with Crippen LogP contribution < -0.4 is 0 Å². The van der Waals surface area contributed by atoms with Crippen LogP contribution in [-0.4, -0.2) is 11.1 Å². The molecular formula is C16H28O2. The Hall–Kier alpha value is -1.05. The van der Waals surface area contributed by atoms with E-state index >= 15 is 0 Å². The number of carboxylic acid groups (broad SMARTS) is 1. The average molecular weight is 252 g/mol. The fourth-order valence-electron chi connectivity index (χ4n) is 1.75. The molecule has 0 saturated heterocycles. The monoisotopic (exact) mass is 252 g/mol. The summed E-state index contributed by atoms with van der Waals surface area (Å²) >= 11 is 0. The van der Waals surface area contributed by atoms with Gasteiger partial charge in [0.15, 0.2) is 0 Å². The Morgan fingerprint density at radius 2 is 1.44 bits per heavy atom. The predicted molar refractivity (Wildman–Crippen MR) is 77.8 cm³/mol. The number of aliphatic carboxylic acids is 1. The van der Waals surface area contributed by atoms with E-state index < -0.39 is 5.97 Å². The van der Waals surface area contributed by atoms with Gasteiger partial charge in [-0.15, -0.1) is 0 Å². The Morgan fingerprint density at radius 3 is 2.00 bits per heavy atom. The SMILES string of the molecule is CCCCCC=CC=CCCCCCCC(=O)O. The first kappa shape index (κ1) is 16.9. The van der Waals surface area contributed by atoms with Gasteiger partial charge in [0, 0.05) is 6.42 Å². The van der Waals surface area contributed by atoms with Crippen molar-refractivity contribution in [2.24, 2.45) is 0 Å². The Bertz CT molecular complexity index is 241. The van der Waals surface area contributed by atoms with Crippen molar-refractivity contribution in [3.05, 3.63) is 24.3 Å². The van der Waals surface area contributed by atoms with Crippen molar-refractivity contribution in [1.29, 1.82) is 0 Å². The maximum Gasteiger partial charge on any atom is 0.303 e. The zero-order valence-corrected chi connectivity index (χ0v) is 11.7. The van der Waals surface area contributed by atoms with E-state index in [1.54, 1.807) is 0 Å². The van der Waals surface area contributed by atoms with E-state index in [-0.39, 0.29) is 0 Å². The van der Waals surface area contributed by atoms with Crippen LogP contribution in [0.2, 0.25) is 0 Å². The van der Waals surface area contributed by atoms with Crippen LogP contribution in [0, 0.1) is 0 Å². The maximum absolute atomic E-state index is 10.3. The van der Waals surface area contributed by atoms with Gasteiger partial charge in [-0.3, -0.25) is 4.79 Å². The van der Waals surface area contributed by atoms with Gasteiger partial charge in [0.1, 0.15) is 0 Å². The highest BCUT2D eigenvalue weighted by atomic mass is 16.4. The van der Waals surface area contributed by atoms with E-state index in [0.29, 0.717) is 6.42 Å². The molecule has 0 rings (SSSR count). The van der Waals surface area contributed by atoms with Gasteiger partial charge in [-0.1, -0.05) is 56.9 Å². The molecule has 0 fully saturated rings. The molecule has 0 unspecified atom stereocenters. The molecule has 0 aliphatic rings. The molecule has 0 aromatic heterocycles. The highest BCUT2D eigenvalue weighted by Crippen LogP contribution is 2.06. The van der Waals surface area contributed by atoms with Crippen LogP contribution in [-0.2, 0) is 4.79 Å². The normalized spacial score (nSPS) is 11.6. The third-order valence-electron chi connectivity index (χ3n) is 2.87. The minimum atomic E-state index is -0.678. The first-order valence-electron chi connectivity index (χ1n) is 7.30. The van der Waals surface area contributed by atoms with Crippen LogP contribution in [0.4, 0.5) is 0 Å². The number of allylic oxidation sites excluding steroid dienone is 4. The van der Waals surface area contributed by atoms with Gasteiger partial charge in [-0.05, 0) is 32.1 Å². The van der Waals surface area contributed by atoms with Gasteiger partial charge in [-0.2, -0.15) is 0 Å². The lowest BCUT2D eigenvalue weighted by atomic mass is 10.1. The van der Waals surface area contributed by atoms with E-state index in [1.165, 1.54) is 32.1 Å². The van der Waals surface area contributed by atoms with Crippen LogP contribution in [0.3, 0.4) is 0 Å². The van der Waals surface area contributed by atoms with E-state index in [1.807, 2.05) is 0 Å². The number of hydrogen-bond donors (Lipinski definition) is 1. The van der Waals surface area contributed by atoms with Crippen LogP contribution in [0.5, 0.6) is 0 Å². The van der Waals surface area contributed by atoms with Crippen molar-refractivity contribution < 1.29 is 9.90 Å². The summed E-state index contributed by atoms with van der Waals surface area (Å²) in [5.74, 6) is -0.678. The minimum absolute atomic E-state index is 0.316. The molecule has 0 spiro atoms. The summed E-state index contributed by atoms with van der Waals surface area (Å²) in [6.07, 6.45) is 19.4. The van der Waals surface area contributed by atoms with Crippen LogP contribution >= 0.6 is 0 Å². The van der Waals surface area contributed by atoms with Crippen molar-refractivity contribution in [3.8, 4) is 0 Å². The van der Waals surface area contributed by atoms with E-state index in [2.05, 4.69) is 31.2 Å². The predicted octanol–water partition coefficient (Wildman–Crippen LogP) is 5.10. The topological polar surface area (TPSA) is 37.3 Å². The molecular weight excluding hydrogens is 224 g/mol. The fourth-order valence-corrected chi connectivity index (χ4v) is 1.75. The Kier molecular flexibility index (Phi) is 13.2. The van der Waals surface area contributed by atoms with E-state index in [9.17, 15) is 4.79 Å². The number of unbranched alkanes of at least 4 members (excludes halogenated alkanes) is 7. The van der Waals surface area contributed by atoms with Crippen molar-refractivity contribution in [2.45, 2.75) is 71.1 Å². The van der Waals surface area contributed by atoms with Crippen molar-refractivity contribution in [3.63, 3.8) is 0 Å². The zero-order valence-electron chi connectivity index (χ0n) is 11.7. The Morgan fingerprint density at radius 1 is 0.889 bits per heavy atom. The molecule has 0 saturated carbocycles. The standard InChI is InChI=1S/C16H28O2/c1-2-3-4-5-6-7-8-9-10-11-12-13-14-15-16(17)18/h6-9H,2-5,10-15H2,1H3,(H,17,18). The summed E-state index contributed by atoms with van der Waals surface area (Å²) in [5.41, 5.74) is 0. The van der Waals surface area contributed by atoms with Gasteiger partial charge in [0.2, 0.25) is 0 Å². The van der Waals surface area contributed by atoms with Crippen molar-refractivity contribution in [1.82, 2.24) is 0 Å². The molecule has 18 heavy (non-hydrogen) atoms. The second kappa shape index (κ2) is 14.0. The molecule has 0 bridgehead atoms. The van der Waals surface area contributed by atoms with Gasteiger partial charge in [-0.25, -0.2) is 0 Å². The highest BCUT2D eigenvalue weighted by molar-refractivity contribution is 5.66. The van der Waals surface area contributed by atoms with Gasteiger partial charge >= 0.3 is 5.97 Å². The molecule has 0 radical (unpaired) electrons. The Labute approximate surface area is 112 Å². The second-order valence-electron chi connectivity index (χ2n) is 4.70. The van der Waals surface area contributed by atoms with Crippen LogP contribution in [0.25, 0.3) is 0 Å². The highest BCUT2D eigenvalue weighted by Gasteiger charge is 1.95. The van der Waals surface area contributed by atoms with Crippen LogP contribution in [0.15, 0.2) is 24.3 Å². The quantitative estimate of drug-likeness (QED) is 0.387. The molecule has 0 aliphatic carbocycles. The first-order valence-corrected chi connectivity index (χ1v) is 7.30. The number of rotatable bonds is 12. The molecule has 1 N–H and O–H groups in total. The first-order chi connectivity index (χ1) is 8.77. The van der Waals surface area contributed by atoms with Gasteiger partial charge in [0.05, 0.1) is 0 Å². The van der Waals surface area contributed by atoms with E-state index in [0.717, 1.165) is 25.7 Å². The summed E-state index contributed by atoms with van der Waals surface area (Å²) in [6.45, 7) is 2.22. The van der Waals surface area contributed by atoms with Gasteiger partial charge in [0.25, 0.3) is 0 Å². The van der Waals surface area contributed by atoms with Gasteiger partial charge < -0.3 is 5.11 Å². The number of carbonyl (C=O) groups is 1. The summed E-state index contributed by atoms with van der Waals surface area (Å²) in [6, 6.07) is 0. The fraction of sp³-hybridized carbons (Fsp3) is 0.688. The summed E-state index contributed by atoms with van der Waals surface area (Å²) in [5, 5.41) is 8.47. The molecule has 0 heterocycles. The van der Waals surface area contributed by atoms with Crippen LogP contribution in [0.1, 0.15) is 71.1 Å². The summed E-state index contributed by atoms with van der Waals surface area (Å²) in [4.78, 5) is 10.3. The molecule has 0 atom stereocenters. The second-order valence-corrected chi connectivity index (χ2v) is 4.70. The van der Waals surface area contributed by atoms with Crippen molar-refractivity contribution in [2.75, 3.05) is 0 Å². The molecule has 2 heteroatoms. The molecule has 0 amide bonds. The number of carboxylic acids is 1. The summed E-state index contributed by atoms with van der Waals surface area (Å²) in [7, 11) is 0. The molecule has 104 valence electrons. The number of hydrogen-bond acceptors (Lipinski definition) is 1. The minimum Gasteiger partial charge on any atom is -0.481 e. The third-order valence-corrected chi connectivity index (χ3v) is 2.87. The summed E-state index contributed by atoms with van der Waals surface area (Å²) < 4.78 is 0.